The SMILES string of the molecule is CC(C)C1CN(c2cc[nH]c(=O)n2)CCN1C(=S)Nc1cccc2ncccc12. The van der Waals surface area contributed by atoms with Crippen molar-refractivity contribution in [1.29, 1.82) is 0 Å². The number of aromatic amines is 1. The first-order valence-electron chi connectivity index (χ1n) is 9.75. The van der Waals surface area contributed by atoms with Gasteiger partial charge in [-0.2, -0.15) is 4.98 Å². The normalized spacial score (nSPS) is 17.0. The molecule has 1 unspecified atom stereocenters. The molecule has 0 amide bonds. The van der Waals surface area contributed by atoms with Gasteiger partial charge in [0.25, 0.3) is 0 Å². The molecule has 1 fully saturated rings. The molecule has 2 aromatic heterocycles. The summed E-state index contributed by atoms with van der Waals surface area (Å²) < 4.78 is 0. The van der Waals surface area contributed by atoms with Crippen molar-refractivity contribution < 1.29 is 0 Å². The lowest BCUT2D eigenvalue weighted by atomic mass is 10.00. The lowest BCUT2D eigenvalue weighted by Gasteiger charge is -2.45. The van der Waals surface area contributed by atoms with Gasteiger partial charge >= 0.3 is 5.69 Å². The van der Waals surface area contributed by atoms with E-state index in [0.29, 0.717) is 16.8 Å². The van der Waals surface area contributed by atoms with Crippen LogP contribution in [0.25, 0.3) is 10.9 Å². The van der Waals surface area contributed by atoms with Crippen LogP contribution in [0.5, 0.6) is 0 Å². The maximum Gasteiger partial charge on any atom is 0.346 e. The van der Waals surface area contributed by atoms with Crippen molar-refractivity contribution in [2.24, 2.45) is 5.92 Å². The van der Waals surface area contributed by atoms with Gasteiger partial charge in [0.15, 0.2) is 5.11 Å². The average molecular weight is 409 g/mol. The number of H-pyrrole nitrogens is 1. The molecule has 7 nitrogen and oxygen atoms in total. The van der Waals surface area contributed by atoms with Gasteiger partial charge in [-0.3, -0.25) is 4.98 Å². The van der Waals surface area contributed by atoms with Crippen molar-refractivity contribution >= 4 is 39.7 Å². The van der Waals surface area contributed by atoms with Crippen LogP contribution in [-0.4, -0.2) is 50.6 Å². The van der Waals surface area contributed by atoms with E-state index in [9.17, 15) is 4.79 Å². The highest BCUT2D eigenvalue weighted by Crippen LogP contribution is 2.25. The Hall–Kier alpha value is -3.00. The Morgan fingerprint density at radius 3 is 2.90 bits per heavy atom. The highest BCUT2D eigenvalue weighted by molar-refractivity contribution is 7.80. The van der Waals surface area contributed by atoms with Crippen molar-refractivity contribution in [3.8, 4) is 0 Å². The summed E-state index contributed by atoms with van der Waals surface area (Å²) >= 11 is 5.80. The zero-order valence-electron chi connectivity index (χ0n) is 16.5. The molecular weight excluding hydrogens is 384 g/mol. The molecule has 4 rings (SSSR count). The number of fused-ring (bicyclic) bond motifs is 1. The minimum absolute atomic E-state index is 0.206. The summed E-state index contributed by atoms with van der Waals surface area (Å²) in [4.78, 5) is 27.1. The number of rotatable bonds is 3. The highest BCUT2D eigenvalue weighted by atomic mass is 32.1. The molecule has 3 aromatic rings. The van der Waals surface area contributed by atoms with Crippen molar-refractivity contribution in [1.82, 2.24) is 19.9 Å². The molecular formula is C21H24N6OS. The first-order valence-corrected chi connectivity index (χ1v) is 10.2. The first-order chi connectivity index (χ1) is 14.0. The maximum atomic E-state index is 11.6. The van der Waals surface area contributed by atoms with Crippen molar-refractivity contribution in [3.63, 3.8) is 0 Å². The van der Waals surface area contributed by atoms with Crippen LogP contribution in [0, 0.1) is 5.92 Å². The number of nitrogens with zero attached hydrogens (tertiary/aromatic N) is 4. The molecule has 2 N–H and O–H groups in total. The van der Waals surface area contributed by atoms with Gasteiger partial charge in [0, 0.05) is 43.1 Å². The number of piperazine rings is 1. The molecule has 1 atom stereocenters. The van der Waals surface area contributed by atoms with E-state index in [-0.39, 0.29) is 11.7 Å². The fourth-order valence-corrected chi connectivity index (χ4v) is 4.11. The number of anilines is 2. The van der Waals surface area contributed by atoms with Crippen LogP contribution < -0.4 is 15.9 Å². The van der Waals surface area contributed by atoms with E-state index >= 15 is 0 Å². The number of pyridine rings is 1. The van der Waals surface area contributed by atoms with Gasteiger partial charge < -0.3 is 20.1 Å². The summed E-state index contributed by atoms with van der Waals surface area (Å²) in [5.41, 5.74) is 1.57. The second-order valence-corrected chi connectivity index (χ2v) is 7.90. The van der Waals surface area contributed by atoms with Crippen molar-refractivity contribution in [2.45, 2.75) is 19.9 Å². The molecule has 0 saturated carbocycles. The summed E-state index contributed by atoms with van der Waals surface area (Å²) in [6.45, 7) is 6.64. The van der Waals surface area contributed by atoms with E-state index in [2.05, 4.69) is 43.9 Å². The highest BCUT2D eigenvalue weighted by Gasteiger charge is 2.31. The molecule has 3 heterocycles. The predicted molar refractivity (Wildman–Crippen MR) is 120 cm³/mol. The van der Waals surface area contributed by atoms with Crippen molar-refractivity contribution in [2.75, 3.05) is 29.9 Å². The number of nitrogens with one attached hydrogen (secondary N) is 2. The second-order valence-electron chi connectivity index (χ2n) is 7.51. The van der Waals surface area contributed by atoms with Gasteiger partial charge in [-0.25, -0.2) is 4.79 Å². The third kappa shape index (κ3) is 4.07. The fraction of sp³-hybridized carbons (Fsp3) is 0.333. The van der Waals surface area contributed by atoms with Gasteiger partial charge in [0.05, 0.1) is 11.6 Å². The predicted octanol–water partition coefficient (Wildman–Crippen LogP) is 2.86. The third-order valence-corrected chi connectivity index (χ3v) is 5.65. The zero-order chi connectivity index (χ0) is 20.4. The monoisotopic (exact) mass is 408 g/mol. The van der Waals surface area contributed by atoms with Crippen LogP contribution in [0.15, 0.2) is 53.6 Å². The summed E-state index contributed by atoms with van der Waals surface area (Å²) in [5, 5.41) is 5.18. The molecule has 1 saturated heterocycles. The van der Waals surface area contributed by atoms with Crippen LogP contribution >= 0.6 is 12.2 Å². The largest absolute Gasteiger partial charge is 0.353 e. The Labute approximate surface area is 174 Å². The minimum Gasteiger partial charge on any atom is -0.353 e. The van der Waals surface area contributed by atoms with Crippen LogP contribution in [0.2, 0.25) is 0 Å². The second kappa shape index (κ2) is 8.16. The van der Waals surface area contributed by atoms with E-state index in [4.69, 9.17) is 12.2 Å². The molecule has 1 aliphatic heterocycles. The van der Waals surface area contributed by atoms with Gasteiger partial charge in [-0.1, -0.05) is 19.9 Å². The summed E-state index contributed by atoms with van der Waals surface area (Å²) in [5.74, 6) is 1.09. The van der Waals surface area contributed by atoms with Crippen LogP contribution in [0.3, 0.4) is 0 Å². The molecule has 0 spiro atoms. The Balaban J connectivity index is 1.54. The van der Waals surface area contributed by atoms with Crippen LogP contribution in [0.4, 0.5) is 11.5 Å². The summed E-state index contributed by atoms with van der Waals surface area (Å²) in [6, 6.07) is 12.0. The molecule has 0 aliphatic carbocycles. The number of thiocarbonyl (C=S) groups is 1. The fourth-order valence-electron chi connectivity index (χ4n) is 3.78. The summed E-state index contributed by atoms with van der Waals surface area (Å²) in [6.07, 6.45) is 3.43. The molecule has 29 heavy (non-hydrogen) atoms. The molecule has 150 valence electrons. The number of hydrogen-bond donors (Lipinski definition) is 2. The Kier molecular flexibility index (Phi) is 5.44. The smallest absolute Gasteiger partial charge is 0.346 e. The topological polar surface area (TPSA) is 77.2 Å². The van der Waals surface area contributed by atoms with E-state index in [1.54, 1.807) is 12.4 Å². The van der Waals surface area contributed by atoms with E-state index in [1.165, 1.54) is 0 Å². The van der Waals surface area contributed by atoms with Gasteiger partial charge in [0.1, 0.15) is 5.82 Å². The number of aromatic nitrogens is 3. The summed E-state index contributed by atoms with van der Waals surface area (Å²) in [7, 11) is 0. The van der Waals surface area contributed by atoms with Crippen molar-refractivity contribution in [3.05, 3.63) is 59.3 Å². The van der Waals surface area contributed by atoms with Gasteiger partial charge in [-0.05, 0) is 48.5 Å². The van der Waals surface area contributed by atoms with Gasteiger partial charge in [-0.15, -0.1) is 0 Å². The molecule has 1 aromatic carbocycles. The maximum absolute atomic E-state index is 11.6. The van der Waals surface area contributed by atoms with Crippen LogP contribution in [0.1, 0.15) is 13.8 Å². The Bertz CT molecular complexity index is 1080. The standard InChI is InChI=1S/C21H24N6OS/c1-14(2)18-13-26(19-8-10-23-20(28)25-19)11-12-27(18)21(29)24-17-7-3-6-16-15(17)5-4-9-22-16/h3-10,14,18H,11-13H2,1-2H3,(H,24,29)(H,23,25,28). The molecule has 1 aliphatic rings. The van der Waals surface area contributed by atoms with E-state index in [0.717, 1.165) is 36.2 Å². The first kappa shape index (κ1) is 19.3. The quantitative estimate of drug-likeness (QED) is 0.645. The Morgan fingerprint density at radius 2 is 2.10 bits per heavy atom. The average Bonchev–Trinajstić information content (AvgIpc) is 2.73. The Morgan fingerprint density at radius 1 is 1.24 bits per heavy atom. The molecule has 0 radical (unpaired) electrons. The van der Waals surface area contributed by atoms with E-state index in [1.807, 2.05) is 36.4 Å². The minimum atomic E-state index is -0.326. The number of benzene rings is 1. The van der Waals surface area contributed by atoms with E-state index < -0.39 is 0 Å². The number of hydrogen-bond acceptors (Lipinski definition) is 5. The zero-order valence-corrected chi connectivity index (χ0v) is 17.3. The lowest BCUT2D eigenvalue weighted by Crippen LogP contribution is -2.58. The van der Waals surface area contributed by atoms with Crippen LogP contribution in [-0.2, 0) is 0 Å². The molecule has 0 bridgehead atoms. The van der Waals surface area contributed by atoms with Gasteiger partial charge in [0.2, 0.25) is 0 Å². The molecule has 8 heteroatoms. The lowest BCUT2D eigenvalue weighted by molar-refractivity contribution is 0.227. The third-order valence-electron chi connectivity index (χ3n) is 5.32.